The highest BCUT2D eigenvalue weighted by Gasteiger charge is 2.23. The normalized spacial score (nSPS) is 11.5. The molecule has 7 heteroatoms. The Morgan fingerprint density at radius 3 is 2.43 bits per heavy atom. The van der Waals surface area contributed by atoms with Gasteiger partial charge in [-0.3, -0.25) is 0 Å². The van der Waals surface area contributed by atoms with E-state index in [0.717, 1.165) is 3.97 Å². The second-order valence-electron chi connectivity index (χ2n) is 6.10. The van der Waals surface area contributed by atoms with E-state index >= 15 is 0 Å². The van der Waals surface area contributed by atoms with Gasteiger partial charge in [0.25, 0.3) is 10.0 Å². The quantitative estimate of drug-likeness (QED) is 0.465. The van der Waals surface area contributed by atoms with Gasteiger partial charge in [0.1, 0.15) is 11.9 Å². The molecular formula is C21H12ClFN2O2S. The first-order chi connectivity index (χ1) is 13.4. The zero-order chi connectivity index (χ0) is 19.9. The van der Waals surface area contributed by atoms with Gasteiger partial charge in [-0.25, -0.2) is 16.8 Å². The summed E-state index contributed by atoms with van der Waals surface area (Å²) >= 11 is 6.31. The van der Waals surface area contributed by atoms with Crippen LogP contribution in [0.2, 0.25) is 5.02 Å². The van der Waals surface area contributed by atoms with E-state index < -0.39 is 15.8 Å². The molecule has 0 saturated carbocycles. The first kappa shape index (κ1) is 18.2. The van der Waals surface area contributed by atoms with Crippen LogP contribution in [0, 0.1) is 17.1 Å². The Morgan fingerprint density at radius 2 is 1.75 bits per heavy atom. The van der Waals surface area contributed by atoms with Crippen molar-refractivity contribution >= 4 is 32.5 Å². The van der Waals surface area contributed by atoms with Gasteiger partial charge in [-0.15, -0.1) is 0 Å². The fourth-order valence-corrected chi connectivity index (χ4v) is 4.83. The number of nitrogens with zero attached hydrogens (tertiary/aromatic N) is 2. The third-order valence-corrected chi connectivity index (χ3v) is 6.42. The molecule has 0 spiro atoms. The number of hydrogen-bond donors (Lipinski definition) is 0. The van der Waals surface area contributed by atoms with E-state index in [1.165, 1.54) is 30.5 Å². The average molecular weight is 411 g/mol. The van der Waals surface area contributed by atoms with Crippen molar-refractivity contribution < 1.29 is 12.8 Å². The van der Waals surface area contributed by atoms with Crippen LogP contribution in [0.4, 0.5) is 4.39 Å². The van der Waals surface area contributed by atoms with Crippen molar-refractivity contribution in [3.05, 3.63) is 89.3 Å². The molecule has 4 nitrogen and oxygen atoms in total. The number of nitriles is 1. The lowest BCUT2D eigenvalue weighted by molar-refractivity contribution is 0.589. The topological polar surface area (TPSA) is 62.9 Å². The van der Waals surface area contributed by atoms with Crippen molar-refractivity contribution in [3.8, 4) is 17.2 Å². The van der Waals surface area contributed by atoms with Gasteiger partial charge >= 0.3 is 0 Å². The number of aromatic nitrogens is 1. The fraction of sp³-hybridized carbons (Fsp3) is 0. The molecule has 0 bridgehead atoms. The van der Waals surface area contributed by atoms with Crippen molar-refractivity contribution in [1.82, 2.24) is 3.97 Å². The summed E-state index contributed by atoms with van der Waals surface area (Å²) < 4.78 is 41.7. The zero-order valence-corrected chi connectivity index (χ0v) is 15.9. The molecule has 0 fully saturated rings. The van der Waals surface area contributed by atoms with Crippen LogP contribution in [0.1, 0.15) is 5.56 Å². The molecule has 0 atom stereocenters. The van der Waals surface area contributed by atoms with Gasteiger partial charge in [-0.05, 0) is 29.8 Å². The van der Waals surface area contributed by atoms with Crippen molar-refractivity contribution in [2.45, 2.75) is 4.90 Å². The van der Waals surface area contributed by atoms with Crippen LogP contribution in [-0.2, 0) is 10.0 Å². The maximum absolute atomic E-state index is 14.2. The van der Waals surface area contributed by atoms with Crippen LogP contribution in [-0.4, -0.2) is 12.4 Å². The molecular weight excluding hydrogens is 399 g/mol. The lowest BCUT2D eigenvalue weighted by atomic mass is 10.0. The second kappa shape index (κ2) is 6.79. The highest BCUT2D eigenvalue weighted by Crippen LogP contribution is 2.36. The Morgan fingerprint density at radius 1 is 1.00 bits per heavy atom. The molecule has 3 aromatic carbocycles. The standard InChI is InChI=1S/C21H12ClFN2O2S/c22-19-13-25(28(26,27)16-5-2-1-3-6-16)21-17(7-4-8-18(19)21)14-9-10-15(12-24)20(23)11-14/h1-11,13H. The van der Waals surface area contributed by atoms with Crippen molar-refractivity contribution in [2.75, 3.05) is 0 Å². The van der Waals surface area contributed by atoms with Gasteiger partial charge in [-0.2, -0.15) is 5.26 Å². The van der Waals surface area contributed by atoms with Crippen LogP contribution in [0.5, 0.6) is 0 Å². The van der Waals surface area contributed by atoms with Gasteiger partial charge in [0.15, 0.2) is 0 Å². The van der Waals surface area contributed by atoms with Crippen LogP contribution >= 0.6 is 11.6 Å². The minimum atomic E-state index is -3.91. The van der Waals surface area contributed by atoms with E-state index in [1.54, 1.807) is 48.5 Å². The molecule has 0 amide bonds. The lowest BCUT2D eigenvalue weighted by Crippen LogP contribution is -2.12. The number of fused-ring (bicyclic) bond motifs is 1. The van der Waals surface area contributed by atoms with Crippen molar-refractivity contribution in [1.29, 1.82) is 5.26 Å². The van der Waals surface area contributed by atoms with E-state index in [4.69, 9.17) is 16.9 Å². The molecule has 0 N–H and O–H groups in total. The maximum Gasteiger partial charge on any atom is 0.268 e. The molecule has 138 valence electrons. The third kappa shape index (κ3) is 2.85. The lowest BCUT2D eigenvalue weighted by Gasteiger charge is -2.11. The van der Waals surface area contributed by atoms with Crippen LogP contribution in [0.25, 0.3) is 22.0 Å². The zero-order valence-electron chi connectivity index (χ0n) is 14.3. The molecule has 0 aliphatic rings. The monoisotopic (exact) mass is 410 g/mol. The van der Waals surface area contributed by atoms with Crippen molar-refractivity contribution in [2.24, 2.45) is 0 Å². The number of benzene rings is 3. The minimum absolute atomic E-state index is 0.0822. The second-order valence-corrected chi connectivity index (χ2v) is 8.32. The molecule has 1 aromatic heterocycles. The summed E-state index contributed by atoms with van der Waals surface area (Å²) in [7, 11) is -3.91. The van der Waals surface area contributed by atoms with Crippen LogP contribution < -0.4 is 0 Å². The Labute approximate surface area is 166 Å². The molecule has 0 unspecified atom stereocenters. The molecule has 28 heavy (non-hydrogen) atoms. The number of rotatable bonds is 3. The Bertz CT molecular complexity index is 1360. The van der Waals surface area contributed by atoms with E-state index in [1.807, 2.05) is 0 Å². The van der Waals surface area contributed by atoms with Gasteiger partial charge < -0.3 is 0 Å². The third-order valence-electron chi connectivity index (χ3n) is 4.44. The largest absolute Gasteiger partial charge is 0.268 e. The van der Waals surface area contributed by atoms with Crippen molar-refractivity contribution in [3.63, 3.8) is 0 Å². The summed E-state index contributed by atoms with van der Waals surface area (Å²) in [6, 6.07) is 19.1. The number of hydrogen-bond acceptors (Lipinski definition) is 3. The fourth-order valence-electron chi connectivity index (χ4n) is 3.11. The summed E-state index contributed by atoms with van der Waals surface area (Å²) in [6.45, 7) is 0. The molecule has 0 saturated heterocycles. The van der Waals surface area contributed by atoms with E-state index in [9.17, 15) is 12.8 Å². The summed E-state index contributed by atoms with van der Waals surface area (Å²) in [5.41, 5.74) is 1.20. The average Bonchev–Trinajstić information content (AvgIpc) is 3.06. The number of halogens is 2. The summed E-state index contributed by atoms with van der Waals surface area (Å²) in [6.07, 6.45) is 1.35. The highest BCUT2D eigenvalue weighted by molar-refractivity contribution is 7.90. The van der Waals surface area contributed by atoms with E-state index in [-0.39, 0.29) is 15.5 Å². The summed E-state index contributed by atoms with van der Waals surface area (Å²) in [5, 5.41) is 9.74. The first-order valence-corrected chi connectivity index (χ1v) is 10.1. The Balaban J connectivity index is 2.04. The van der Waals surface area contributed by atoms with Crippen LogP contribution in [0.3, 0.4) is 0 Å². The molecule has 4 rings (SSSR count). The molecule has 1 heterocycles. The summed E-state index contributed by atoms with van der Waals surface area (Å²) in [4.78, 5) is 0.115. The van der Waals surface area contributed by atoms with Gasteiger partial charge in [0.2, 0.25) is 0 Å². The molecule has 0 aliphatic heterocycles. The predicted octanol–water partition coefficient (Wildman–Crippen LogP) is 5.21. The molecule has 0 radical (unpaired) electrons. The smallest absolute Gasteiger partial charge is 0.239 e. The SMILES string of the molecule is N#Cc1ccc(-c2cccc3c(Cl)cn(S(=O)(=O)c4ccccc4)c23)cc1F. The molecule has 0 aliphatic carbocycles. The van der Waals surface area contributed by atoms with Gasteiger partial charge in [-0.1, -0.05) is 54.1 Å². The minimum Gasteiger partial charge on any atom is -0.239 e. The summed E-state index contributed by atoms with van der Waals surface area (Å²) in [5.74, 6) is -0.674. The van der Waals surface area contributed by atoms with E-state index in [0.29, 0.717) is 22.0 Å². The highest BCUT2D eigenvalue weighted by atomic mass is 35.5. The first-order valence-electron chi connectivity index (χ1n) is 8.23. The Kier molecular flexibility index (Phi) is 4.42. The van der Waals surface area contributed by atoms with Gasteiger partial charge in [0.05, 0.1) is 21.0 Å². The van der Waals surface area contributed by atoms with E-state index in [2.05, 4.69) is 0 Å². The number of para-hydroxylation sites is 1. The maximum atomic E-state index is 14.2. The van der Waals surface area contributed by atoms with Gasteiger partial charge in [0, 0.05) is 17.1 Å². The molecule has 4 aromatic rings. The predicted molar refractivity (Wildman–Crippen MR) is 106 cm³/mol. The van der Waals surface area contributed by atoms with Crippen LogP contribution in [0.15, 0.2) is 77.8 Å². The Hall–Kier alpha value is -3.14.